The fraction of sp³-hybridized carbons (Fsp3) is 0.308. The molecular formula is C13H15NOS. The fourth-order valence-corrected chi connectivity index (χ4v) is 2.10. The smallest absolute Gasteiger partial charge is 0.227 e. The largest absolute Gasteiger partial charge is 0.308 e. The van der Waals surface area contributed by atoms with Crippen molar-refractivity contribution >= 4 is 24.2 Å². The lowest BCUT2D eigenvalue weighted by molar-refractivity contribution is -0.118. The number of fused-ring (bicyclic) bond motifs is 1. The van der Waals surface area contributed by atoms with Crippen LogP contribution in [-0.4, -0.2) is 18.2 Å². The number of para-hydroxylation sites is 1. The summed E-state index contributed by atoms with van der Waals surface area (Å²) < 4.78 is 0. The number of anilines is 1. The summed E-state index contributed by atoms with van der Waals surface area (Å²) in [7, 11) is 0. The molecule has 16 heavy (non-hydrogen) atoms. The molecule has 84 valence electrons. The number of aryl methyl sites for hydroxylation is 1. The van der Waals surface area contributed by atoms with Crippen LogP contribution in [0.3, 0.4) is 0 Å². The highest BCUT2D eigenvalue weighted by Crippen LogP contribution is 2.27. The topological polar surface area (TPSA) is 20.3 Å². The molecule has 0 aliphatic carbocycles. The number of benzene rings is 1. The van der Waals surface area contributed by atoms with Gasteiger partial charge in [0.05, 0.1) is 0 Å². The van der Waals surface area contributed by atoms with E-state index < -0.39 is 0 Å². The lowest BCUT2D eigenvalue weighted by Crippen LogP contribution is -2.35. The minimum absolute atomic E-state index is 0.211. The van der Waals surface area contributed by atoms with Gasteiger partial charge >= 0.3 is 0 Å². The highest BCUT2D eigenvalue weighted by molar-refractivity contribution is 7.80. The lowest BCUT2D eigenvalue weighted by Gasteiger charge is -2.28. The van der Waals surface area contributed by atoms with E-state index in [4.69, 9.17) is 0 Å². The molecule has 2 rings (SSSR count). The molecule has 0 radical (unpaired) electrons. The highest BCUT2D eigenvalue weighted by atomic mass is 32.1. The third-order valence-electron chi connectivity index (χ3n) is 2.75. The van der Waals surface area contributed by atoms with E-state index >= 15 is 0 Å². The number of thiol groups is 1. The number of carbonyl (C=O) groups excluding carboxylic acids is 1. The standard InChI is InChI=1S/C13H15NOS/c15-13-8-7-11-5-1-2-6-12(11)14(13)9-3-4-10-16/h1-6,16H,7-10H2. The predicted molar refractivity (Wildman–Crippen MR) is 70.1 cm³/mol. The molecule has 3 heteroatoms. The van der Waals surface area contributed by atoms with Gasteiger partial charge in [0.2, 0.25) is 5.91 Å². The maximum absolute atomic E-state index is 11.8. The molecule has 0 saturated heterocycles. The van der Waals surface area contributed by atoms with Gasteiger partial charge in [-0.2, -0.15) is 12.6 Å². The van der Waals surface area contributed by atoms with Crippen LogP contribution in [0.4, 0.5) is 5.69 Å². The van der Waals surface area contributed by atoms with E-state index in [1.165, 1.54) is 5.56 Å². The van der Waals surface area contributed by atoms with Crippen molar-refractivity contribution in [2.24, 2.45) is 0 Å². The Hall–Kier alpha value is -1.22. The molecule has 1 aromatic rings. The summed E-state index contributed by atoms with van der Waals surface area (Å²) in [6, 6.07) is 8.11. The van der Waals surface area contributed by atoms with E-state index in [2.05, 4.69) is 18.7 Å². The van der Waals surface area contributed by atoms with Crippen LogP contribution in [0.15, 0.2) is 36.4 Å². The molecule has 1 aliphatic rings. The minimum Gasteiger partial charge on any atom is -0.308 e. The summed E-state index contributed by atoms with van der Waals surface area (Å²) >= 11 is 4.11. The minimum atomic E-state index is 0.211. The third kappa shape index (κ3) is 2.30. The second kappa shape index (κ2) is 5.21. The number of carbonyl (C=O) groups is 1. The Morgan fingerprint density at radius 1 is 1.25 bits per heavy atom. The normalized spacial score (nSPS) is 15.6. The zero-order valence-corrected chi connectivity index (χ0v) is 9.99. The fourth-order valence-electron chi connectivity index (χ4n) is 1.95. The van der Waals surface area contributed by atoms with Crippen molar-refractivity contribution in [2.75, 3.05) is 17.2 Å². The van der Waals surface area contributed by atoms with Gasteiger partial charge in [0.1, 0.15) is 0 Å². The van der Waals surface area contributed by atoms with E-state index in [-0.39, 0.29) is 5.91 Å². The zero-order valence-electron chi connectivity index (χ0n) is 9.10. The third-order valence-corrected chi connectivity index (χ3v) is 2.96. The van der Waals surface area contributed by atoms with Crippen LogP contribution in [-0.2, 0) is 11.2 Å². The van der Waals surface area contributed by atoms with Crippen LogP contribution in [0.1, 0.15) is 12.0 Å². The van der Waals surface area contributed by atoms with Gasteiger partial charge < -0.3 is 4.90 Å². The Morgan fingerprint density at radius 2 is 2.06 bits per heavy atom. The summed E-state index contributed by atoms with van der Waals surface area (Å²) in [5, 5.41) is 0. The molecule has 0 saturated carbocycles. The van der Waals surface area contributed by atoms with E-state index in [1.807, 2.05) is 35.3 Å². The molecule has 0 unspecified atom stereocenters. The van der Waals surface area contributed by atoms with E-state index in [9.17, 15) is 4.79 Å². The van der Waals surface area contributed by atoms with Crippen LogP contribution in [0.5, 0.6) is 0 Å². The first-order valence-corrected chi connectivity index (χ1v) is 6.10. The molecule has 1 amide bonds. The summed E-state index contributed by atoms with van der Waals surface area (Å²) in [6.07, 6.45) is 5.44. The van der Waals surface area contributed by atoms with Gasteiger partial charge in [0, 0.05) is 24.4 Å². The average Bonchev–Trinajstić information content (AvgIpc) is 2.32. The first kappa shape index (κ1) is 11.3. The first-order chi connectivity index (χ1) is 7.83. The molecule has 1 heterocycles. The Kier molecular flexibility index (Phi) is 3.67. The van der Waals surface area contributed by atoms with Gasteiger partial charge in [-0.05, 0) is 18.1 Å². The summed E-state index contributed by atoms with van der Waals surface area (Å²) in [4.78, 5) is 13.7. The second-order valence-corrected chi connectivity index (χ2v) is 4.15. The van der Waals surface area contributed by atoms with Crippen molar-refractivity contribution in [3.63, 3.8) is 0 Å². The monoisotopic (exact) mass is 233 g/mol. The summed E-state index contributed by atoms with van der Waals surface area (Å²) in [5.74, 6) is 0.923. The van der Waals surface area contributed by atoms with Crippen LogP contribution in [0.25, 0.3) is 0 Å². The summed E-state index contributed by atoms with van der Waals surface area (Å²) in [6.45, 7) is 0.649. The van der Waals surface area contributed by atoms with Crippen molar-refractivity contribution < 1.29 is 4.79 Å². The maximum atomic E-state index is 11.8. The van der Waals surface area contributed by atoms with Gasteiger partial charge in [0.25, 0.3) is 0 Å². The number of amides is 1. The van der Waals surface area contributed by atoms with Crippen LogP contribution >= 0.6 is 12.6 Å². The number of nitrogens with zero attached hydrogens (tertiary/aromatic N) is 1. The number of hydrogen-bond acceptors (Lipinski definition) is 2. The number of hydrogen-bond donors (Lipinski definition) is 1. The van der Waals surface area contributed by atoms with Gasteiger partial charge in [-0.1, -0.05) is 30.4 Å². The van der Waals surface area contributed by atoms with Crippen LogP contribution in [0.2, 0.25) is 0 Å². The lowest BCUT2D eigenvalue weighted by atomic mass is 10.0. The van der Waals surface area contributed by atoms with Crippen molar-refractivity contribution in [3.8, 4) is 0 Å². The van der Waals surface area contributed by atoms with Crippen molar-refractivity contribution in [2.45, 2.75) is 12.8 Å². The van der Waals surface area contributed by atoms with Crippen molar-refractivity contribution in [3.05, 3.63) is 42.0 Å². The second-order valence-electron chi connectivity index (χ2n) is 3.79. The van der Waals surface area contributed by atoms with Crippen LogP contribution in [0, 0.1) is 0 Å². The Labute approximate surface area is 101 Å². The molecule has 0 atom stereocenters. The van der Waals surface area contributed by atoms with Crippen molar-refractivity contribution in [1.29, 1.82) is 0 Å². The van der Waals surface area contributed by atoms with Gasteiger partial charge in [-0.3, -0.25) is 4.79 Å². The highest BCUT2D eigenvalue weighted by Gasteiger charge is 2.22. The first-order valence-electron chi connectivity index (χ1n) is 5.47. The zero-order chi connectivity index (χ0) is 11.4. The molecule has 0 bridgehead atoms. The molecule has 2 nitrogen and oxygen atoms in total. The van der Waals surface area contributed by atoms with Gasteiger partial charge in [0.15, 0.2) is 0 Å². The van der Waals surface area contributed by atoms with Crippen molar-refractivity contribution in [1.82, 2.24) is 0 Å². The van der Waals surface area contributed by atoms with Gasteiger partial charge in [-0.25, -0.2) is 0 Å². The number of rotatable bonds is 3. The Bertz CT molecular complexity index is 414. The Balaban J connectivity index is 2.23. The maximum Gasteiger partial charge on any atom is 0.227 e. The molecule has 1 aromatic carbocycles. The predicted octanol–water partition coefficient (Wildman–Crippen LogP) is 2.45. The molecular weight excluding hydrogens is 218 g/mol. The average molecular weight is 233 g/mol. The van der Waals surface area contributed by atoms with Crippen LogP contribution < -0.4 is 4.90 Å². The van der Waals surface area contributed by atoms with E-state index in [0.29, 0.717) is 18.7 Å². The summed E-state index contributed by atoms with van der Waals surface area (Å²) in [5.41, 5.74) is 2.32. The molecule has 0 spiro atoms. The van der Waals surface area contributed by atoms with E-state index in [0.717, 1.165) is 12.1 Å². The quantitative estimate of drug-likeness (QED) is 0.628. The molecule has 0 fully saturated rings. The van der Waals surface area contributed by atoms with Gasteiger partial charge in [-0.15, -0.1) is 0 Å². The Morgan fingerprint density at radius 3 is 2.88 bits per heavy atom. The molecule has 0 N–H and O–H groups in total. The SMILES string of the molecule is O=C1CCc2ccccc2N1CC=CCS. The van der Waals surface area contributed by atoms with E-state index in [1.54, 1.807) is 0 Å². The molecule has 1 aliphatic heterocycles. The molecule has 0 aromatic heterocycles.